The van der Waals surface area contributed by atoms with Crippen LogP contribution in [-0.4, -0.2) is 95.4 Å². The van der Waals surface area contributed by atoms with Gasteiger partial charge in [-0.2, -0.15) is 8.42 Å². The summed E-state index contributed by atoms with van der Waals surface area (Å²) < 4.78 is 47.5. The second-order valence-corrected chi connectivity index (χ2v) is 18.1. The number of unbranched alkanes of at least 4 members (excludes halogenated alkanes) is 27. The van der Waals surface area contributed by atoms with Gasteiger partial charge in [0.1, 0.15) is 24.4 Å². The number of nitrogens with one attached hydrogen (secondary N) is 1. The highest BCUT2D eigenvalue weighted by Crippen LogP contribution is 2.26. The van der Waals surface area contributed by atoms with Crippen molar-refractivity contribution in [1.82, 2.24) is 5.32 Å². The van der Waals surface area contributed by atoms with Crippen LogP contribution in [0.2, 0.25) is 0 Å². The number of aliphatic hydroxyl groups excluding tert-OH is 4. The van der Waals surface area contributed by atoms with Crippen LogP contribution in [0.4, 0.5) is 0 Å². The normalized spacial score (nSPS) is 20.9. The van der Waals surface area contributed by atoms with E-state index in [0.717, 1.165) is 51.4 Å². The number of ether oxygens (including phenoxy) is 2. The van der Waals surface area contributed by atoms with E-state index >= 15 is 0 Å². The standard InChI is InChI=1S/C47H89NO11S/c1-3-5-7-9-11-13-15-16-17-18-19-20-21-22-23-24-25-26-27-28-30-32-34-36-41(50)40(48-43(51)37-35-33-31-29-14-12-10-8-6-4-2)39-57-47-45(53)46(59-60(54,55)56)44(52)42(38-49)58-47/h10,12,34,36,40-42,44-47,49-50,52-53H,3-9,11,13-33,35,37-39H2,1-2H3,(H,48,51)(H,54,55,56)/b12-10-,36-34+. The van der Waals surface area contributed by atoms with E-state index in [1.54, 1.807) is 6.08 Å². The first-order chi connectivity index (χ1) is 29.0. The van der Waals surface area contributed by atoms with Gasteiger partial charge in [-0.25, -0.2) is 4.18 Å². The van der Waals surface area contributed by atoms with Crippen molar-refractivity contribution in [2.75, 3.05) is 13.2 Å². The number of carbonyl (C=O) groups is 1. The van der Waals surface area contributed by atoms with Crippen molar-refractivity contribution in [1.29, 1.82) is 0 Å². The lowest BCUT2D eigenvalue weighted by Crippen LogP contribution is -2.61. The van der Waals surface area contributed by atoms with Crippen LogP contribution in [0, 0.1) is 0 Å². The Hall–Kier alpha value is -1.42. The first-order valence-electron chi connectivity index (χ1n) is 24.2. The largest absolute Gasteiger partial charge is 0.397 e. The molecular formula is C47H89NO11S. The van der Waals surface area contributed by atoms with Crippen molar-refractivity contribution in [2.45, 2.75) is 256 Å². The van der Waals surface area contributed by atoms with E-state index in [9.17, 15) is 38.2 Å². The van der Waals surface area contributed by atoms with Gasteiger partial charge in [-0.1, -0.05) is 192 Å². The number of allylic oxidation sites excluding steroid dienone is 3. The minimum atomic E-state index is -5.08. The van der Waals surface area contributed by atoms with E-state index in [4.69, 9.17) is 9.47 Å². The molecule has 0 spiro atoms. The van der Waals surface area contributed by atoms with Crippen molar-refractivity contribution >= 4 is 16.3 Å². The molecule has 12 nitrogen and oxygen atoms in total. The molecule has 1 fully saturated rings. The highest BCUT2D eigenvalue weighted by Gasteiger charge is 2.48. The van der Waals surface area contributed by atoms with Crippen molar-refractivity contribution in [2.24, 2.45) is 0 Å². The molecule has 0 radical (unpaired) electrons. The van der Waals surface area contributed by atoms with Gasteiger partial charge < -0.3 is 35.2 Å². The SMILES string of the molecule is CCCC/C=C\CCCCCCC(=O)NC(COC1OC(CO)C(O)C(OS(=O)(=O)O)C1O)C(O)/C=C/CCCCCCCCCCCCCCCCCCCCCCC. The first kappa shape index (κ1) is 56.6. The summed E-state index contributed by atoms with van der Waals surface area (Å²) in [6.45, 7) is 3.34. The van der Waals surface area contributed by atoms with Gasteiger partial charge >= 0.3 is 10.4 Å². The smallest absolute Gasteiger partial charge is 0.394 e. The van der Waals surface area contributed by atoms with Crippen LogP contribution in [0.25, 0.3) is 0 Å². The molecule has 0 bridgehead atoms. The van der Waals surface area contributed by atoms with Crippen molar-refractivity contribution < 1.29 is 51.8 Å². The predicted molar refractivity (Wildman–Crippen MR) is 241 cm³/mol. The van der Waals surface area contributed by atoms with Gasteiger partial charge in [-0.15, -0.1) is 0 Å². The summed E-state index contributed by atoms with van der Waals surface area (Å²) in [5.41, 5.74) is 0. The molecule has 0 aromatic carbocycles. The molecule has 354 valence electrons. The minimum Gasteiger partial charge on any atom is -0.394 e. The van der Waals surface area contributed by atoms with E-state index in [1.807, 2.05) is 6.08 Å². The van der Waals surface area contributed by atoms with Crippen LogP contribution >= 0.6 is 0 Å². The molecule has 1 aliphatic heterocycles. The molecule has 0 aromatic heterocycles. The average molecular weight is 876 g/mol. The highest BCUT2D eigenvalue weighted by atomic mass is 32.3. The fraction of sp³-hybridized carbons (Fsp3) is 0.894. The van der Waals surface area contributed by atoms with E-state index in [-0.39, 0.29) is 18.9 Å². The average Bonchev–Trinajstić information content (AvgIpc) is 3.22. The van der Waals surface area contributed by atoms with Crippen molar-refractivity contribution in [3.05, 3.63) is 24.3 Å². The van der Waals surface area contributed by atoms with Crippen LogP contribution in [0.5, 0.6) is 0 Å². The maximum absolute atomic E-state index is 13.0. The molecular weight excluding hydrogens is 787 g/mol. The molecule has 0 aliphatic carbocycles. The third kappa shape index (κ3) is 30.6. The summed E-state index contributed by atoms with van der Waals surface area (Å²) in [4.78, 5) is 13.0. The second kappa shape index (κ2) is 38.1. The number of amides is 1. The maximum Gasteiger partial charge on any atom is 0.397 e. The molecule has 7 atom stereocenters. The number of hydrogen-bond acceptors (Lipinski definition) is 10. The molecule has 6 N–H and O–H groups in total. The van der Waals surface area contributed by atoms with Crippen LogP contribution in [-0.2, 0) is 28.9 Å². The lowest BCUT2D eigenvalue weighted by molar-refractivity contribution is -0.298. The van der Waals surface area contributed by atoms with Crippen molar-refractivity contribution in [3.63, 3.8) is 0 Å². The van der Waals surface area contributed by atoms with Gasteiger partial charge in [0, 0.05) is 6.42 Å². The fourth-order valence-corrected chi connectivity index (χ4v) is 8.18. The lowest BCUT2D eigenvalue weighted by atomic mass is 9.99. The molecule has 7 unspecified atom stereocenters. The molecule has 13 heteroatoms. The number of carbonyl (C=O) groups excluding carboxylic acids is 1. The highest BCUT2D eigenvalue weighted by molar-refractivity contribution is 7.80. The summed E-state index contributed by atoms with van der Waals surface area (Å²) in [6.07, 6.45) is 35.2. The molecule has 60 heavy (non-hydrogen) atoms. The Morgan fingerprint density at radius 3 is 1.55 bits per heavy atom. The zero-order valence-corrected chi connectivity index (χ0v) is 38.6. The molecule has 1 heterocycles. The number of rotatable bonds is 41. The molecule has 0 saturated carbocycles. The van der Waals surface area contributed by atoms with Gasteiger partial charge in [0.25, 0.3) is 0 Å². The quantitative estimate of drug-likeness (QED) is 0.0195. The summed E-state index contributed by atoms with van der Waals surface area (Å²) in [5, 5.41) is 44.6. The lowest BCUT2D eigenvalue weighted by Gasteiger charge is -2.41. The van der Waals surface area contributed by atoms with Gasteiger partial charge in [-0.05, 0) is 38.5 Å². The van der Waals surface area contributed by atoms with Crippen LogP contribution in [0.1, 0.15) is 213 Å². The molecule has 1 saturated heterocycles. The van der Waals surface area contributed by atoms with Crippen LogP contribution < -0.4 is 5.32 Å². The molecule has 1 aliphatic rings. The third-order valence-electron chi connectivity index (χ3n) is 11.5. The Balaban J connectivity index is 2.42. The Morgan fingerprint density at radius 1 is 0.650 bits per heavy atom. The third-order valence-corrected chi connectivity index (χ3v) is 11.9. The summed E-state index contributed by atoms with van der Waals surface area (Å²) in [7, 11) is -5.08. The summed E-state index contributed by atoms with van der Waals surface area (Å²) in [5.74, 6) is -0.277. The second-order valence-electron chi connectivity index (χ2n) is 17.0. The minimum absolute atomic E-state index is 0.254. The predicted octanol–water partition coefficient (Wildman–Crippen LogP) is 9.72. The Labute approximate surface area is 365 Å². The van der Waals surface area contributed by atoms with E-state index in [1.165, 1.54) is 135 Å². The van der Waals surface area contributed by atoms with Gasteiger partial charge in [-0.3, -0.25) is 9.35 Å². The zero-order valence-electron chi connectivity index (χ0n) is 37.8. The Bertz CT molecular complexity index is 1170. The van der Waals surface area contributed by atoms with Gasteiger partial charge in [0.2, 0.25) is 5.91 Å². The van der Waals surface area contributed by atoms with Gasteiger partial charge in [0.15, 0.2) is 6.29 Å². The van der Waals surface area contributed by atoms with Crippen LogP contribution in [0.3, 0.4) is 0 Å². The maximum atomic E-state index is 13.0. The molecule has 1 amide bonds. The number of hydrogen-bond donors (Lipinski definition) is 6. The molecule has 1 rings (SSSR count). The monoisotopic (exact) mass is 876 g/mol. The summed E-state index contributed by atoms with van der Waals surface area (Å²) >= 11 is 0. The number of aliphatic hydroxyl groups is 4. The van der Waals surface area contributed by atoms with Crippen molar-refractivity contribution in [3.8, 4) is 0 Å². The van der Waals surface area contributed by atoms with Crippen LogP contribution in [0.15, 0.2) is 24.3 Å². The van der Waals surface area contributed by atoms with Gasteiger partial charge in [0.05, 0.1) is 25.4 Å². The van der Waals surface area contributed by atoms with E-state index in [2.05, 4.69) is 35.5 Å². The topological polar surface area (TPSA) is 192 Å². The Kier molecular flexibility index (Phi) is 35.9. The fourth-order valence-electron chi connectivity index (χ4n) is 7.67. The van der Waals surface area contributed by atoms with E-state index < -0.39 is 59.9 Å². The van der Waals surface area contributed by atoms with E-state index in [0.29, 0.717) is 6.42 Å². The zero-order chi connectivity index (χ0) is 44.1. The summed E-state index contributed by atoms with van der Waals surface area (Å²) in [6, 6.07) is -0.946. The Morgan fingerprint density at radius 2 is 1.08 bits per heavy atom. The molecule has 0 aromatic rings. The first-order valence-corrected chi connectivity index (χ1v) is 25.6.